The number of rotatable bonds is 5. The molecule has 6 nitrogen and oxygen atoms in total. The Labute approximate surface area is 224 Å². The molecule has 0 saturated heterocycles. The highest BCUT2D eigenvalue weighted by atomic mass is 16.4. The van der Waals surface area contributed by atoms with Crippen LogP contribution in [0.2, 0.25) is 0 Å². The van der Waals surface area contributed by atoms with Crippen molar-refractivity contribution >= 4 is 39.2 Å². The molecule has 3 N–H and O–H groups in total. The summed E-state index contributed by atoms with van der Waals surface area (Å²) in [6, 6.07) is 8.70. The van der Waals surface area contributed by atoms with Crippen molar-refractivity contribution in [2.24, 2.45) is 0 Å². The molecular weight excluding hydrogens is 472 g/mol. The van der Waals surface area contributed by atoms with Crippen molar-refractivity contribution < 1.29 is 9.90 Å². The van der Waals surface area contributed by atoms with Crippen LogP contribution in [0.5, 0.6) is 0 Å². The highest BCUT2D eigenvalue weighted by molar-refractivity contribution is 5.92. The molecule has 0 saturated carbocycles. The molecule has 198 valence electrons. The lowest BCUT2D eigenvalue weighted by Gasteiger charge is -2.16. The van der Waals surface area contributed by atoms with Crippen LogP contribution in [-0.4, -0.2) is 31.0 Å². The number of carbonyl (C=O) groups is 1. The maximum absolute atomic E-state index is 11.5. The average Bonchev–Trinajstić information content (AvgIpc) is 3.57. The first-order valence-electron chi connectivity index (χ1n) is 13.8. The number of hydrogen-bond acceptors (Lipinski definition) is 3. The quantitative estimate of drug-likeness (QED) is 0.325. The Kier molecular flexibility index (Phi) is 6.76. The molecule has 8 bridgehead atoms. The fourth-order valence-electron chi connectivity index (χ4n) is 6.18. The topological polar surface area (TPSA) is 94.7 Å². The van der Waals surface area contributed by atoms with Crippen LogP contribution in [-0.2, 0) is 11.2 Å². The number of nitrogens with one attached hydrogen (secondary N) is 2. The zero-order valence-electron chi connectivity index (χ0n) is 23.5. The summed E-state index contributed by atoms with van der Waals surface area (Å²) in [5.41, 5.74) is 15.4. The molecule has 0 fully saturated rings. The summed E-state index contributed by atoms with van der Waals surface area (Å²) in [6.45, 7) is 15.1. The van der Waals surface area contributed by atoms with Crippen LogP contribution in [0.15, 0.2) is 24.3 Å². The summed E-state index contributed by atoms with van der Waals surface area (Å²) >= 11 is 0. The molecule has 2 atom stereocenters. The summed E-state index contributed by atoms with van der Waals surface area (Å²) in [7, 11) is 0. The van der Waals surface area contributed by atoms with Crippen LogP contribution < -0.4 is 0 Å². The third-order valence-electron chi connectivity index (χ3n) is 8.58. The van der Waals surface area contributed by atoms with Gasteiger partial charge in [-0.3, -0.25) is 9.78 Å². The first-order valence-corrected chi connectivity index (χ1v) is 13.8. The first kappa shape index (κ1) is 26.0. The van der Waals surface area contributed by atoms with Crippen LogP contribution >= 0.6 is 0 Å². The van der Waals surface area contributed by atoms with Crippen molar-refractivity contribution in [1.82, 2.24) is 19.9 Å². The fraction of sp³-hybridized carbons (Fsp3) is 0.406. The summed E-state index contributed by atoms with van der Waals surface area (Å²) in [5.74, 6) is -0.608. The molecule has 0 aromatic carbocycles. The molecular formula is C32H38N4O2. The number of carboxylic acids is 1. The SMILES string of the molecule is CCC1=C(C)c2cc3[nH]c(cc4nc(c(C)c5cc(C)c(cc1n2)[nH]5)[C@@H](CCC(=O)O)[C@@H]4C)c(C)c3CC. The number of nitrogens with zero attached hydrogens (tertiary/aromatic N) is 2. The van der Waals surface area contributed by atoms with Crippen molar-refractivity contribution in [1.29, 1.82) is 0 Å². The van der Waals surface area contributed by atoms with Gasteiger partial charge in [0.05, 0.1) is 11.4 Å². The molecule has 5 heterocycles. The van der Waals surface area contributed by atoms with Gasteiger partial charge in [-0.15, -0.1) is 0 Å². The molecule has 2 aliphatic heterocycles. The van der Waals surface area contributed by atoms with Gasteiger partial charge in [-0.05, 0) is 105 Å². The minimum atomic E-state index is -0.769. The predicted molar refractivity (Wildman–Crippen MR) is 155 cm³/mol. The zero-order chi connectivity index (χ0) is 27.3. The first-order chi connectivity index (χ1) is 18.1. The third kappa shape index (κ3) is 4.36. The second-order valence-electron chi connectivity index (χ2n) is 10.8. The smallest absolute Gasteiger partial charge is 0.303 e. The van der Waals surface area contributed by atoms with Gasteiger partial charge >= 0.3 is 5.97 Å². The monoisotopic (exact) mass is 510 g/mol. The average molecular weight is 511 g/mol. The Morgan fingerprint density at radius 2 is 1.55 bits per heavy atom. The number of aliphatic carboxylic acids is 1. The molecule has 0 aliphatic carbocycles. The molecule has 0 unspecified atom stereocenters. The van der Waals surface area contributed by atoms with Crippen molar-refractivity contribution in [3.05, 3.63) is 69.3 Å². The van der Waals surface area contributed by atoms with Crippen LogP contribution in [0.25, 0.3) is 33.2 Å². The van der Waals surface area contributed by atoms with Crippen molar-refractivity contribution in [2.75, 3.05) is 0 Å². The van der Waals surface area contributed by atoms with Crippen molar-refractivity contribution in [3.8, 4) is 0 Å². The summed E-state index contributed by atoms with van der Waals surface area (Å²) < 4.78 is 0. The number of carboxylic acid groups (broad SMARTS) is 1. The van der Waals surface area contributed by atoms with Crippen LogP contribution in [0.3, 0.4) is 0 Å². The number of aromatic nitrogens is 4. The predicted octanol–water partition coefficient (Wildman–Crippen LogP) is 7.90. The van der Waals surface area contributed by atoms with Gasteiger partial charge in [-0.1, -0.05) is 20.8 Å². The summed E-state index contributed by atoms with van der Waals surface area (Å²) in [5, 5.41) is 9.45. The van der Waals surface area contributed by atoms with Crippen LogP contribution in [0.4, 0.5) is 0 Å². The van der Waals surface area contributed by atoms with Crippen LogP contribution in [0.1, 0.15) is 104 Å². The number of H-pyrrole nitrogens is 2. The molecule has 3 aromatic rings. The maximum atomic E-state index is 11.5. The summed E-state index contributed by atoms with van der Waals surface area (Å²) in [6.07, 6.45) is 2.52. The molecule has 6 heteroatoms. The van der Waals surface area contributed by atoms with E-state index in [1.807, 2.05) is 0 Å². The Morgan fingerprint density at radius 3 is 2.24 bits per heavy atom. The molecule has 0 radical (unpaired) electrons. The Bertz CT molecular complexity index is 1640. The van der Waals surface area contributed by atoms with Crippen molar-refractivity contribution in [3.63, 3.8) is 0 Å². The largest absolute Gasteiger partial charge is 0.481 e. The number of allylic oxidation sites excluding steroid dienone is 2. The van der Waals surface area contributed by atoms with E-state index < -0.39 is 5.97 Å². The number of fused-ring (bicyclic) bond motifs is 8. The molecule has 38 heavy (non-hydrogen) atoms. The minimum absolute atomic E-state index is 0.0456. The maximum Gasteiger partial charge on any atom is 0.303 e. The van der Waals surface area contributed by atoms with Gasteiger partial charge in [-0.2, -0.15) is 0 Å². The number of hydrogen-bond donors (Lipinski definition) is 3. The van der Waals surface area contributed by atoms with Gasteiger partial charge < -0.3 is 15.1 Å². The van der Waals surface area contributed by atoms with Crippen LogP contribution in [0, 0.1) is 20.8 Å². The van der Waals surface area contributed by atoms with E-state index in [0.717, 1.165) is 68.8 Å². The fourth-order valence-corrected chi connectivity index (χ4v) is 6.18. The van der Waals surface area contributed by atoms with E-state index in [-0.39, 0.29) is 18.3 Å². The number of aromatic amines is 2. The Hall–Kier alpha value is -3.67. The number of aryl methyl sites for hydroxylation is 4. The molecule has 3 aromatic heterocycles. The van der Waals surface area contributed by atoms with Crippen molar-refractivity contribution in [2.45, 2.75) is 86.0 Å². The van der Waals surface area contributed by atoms with Gasteiger partial charge in [0.15, 0.2) is 0 Å². The van der Waals surface area contributed by atoms with E-state index in [0.29, 0.717) is 6.42 Å². The normalized spacial score (nSPS) is 17.3. The van der Waals surface area contributed by atoms with E-state index >= 15 is 0 Å². The zero-order valence-corrected chi connectivity index (χ0v) is 23.5. The van der Waals surface area contributed by atoms with E-state index in [4.69, 9.17) is 9.97 Å². The highest BCUT2D eigenvalue weighted by Gasteiger charge is 2.31. The van der Waals surface area contributed by atoms with E-state index in [2.05, 4.69) is 82.7 Å². The van der Waals surface area contributed by atoms with Gasteiger partial charge in [0.2, 0.25) is 0 Å². The lowest BCUT2D eigenvalue weighted by atomic mass is 9.86. The molecule has 5 rings (SSSR count). The third-order valence-corrected chi connectivity index (χ3v) is 8.58. The summed E-state index contributed by atoms with van der Waals surface area (Å²) in [4.78, 5) is 29.1. The van der Waals surface area contributed by atoms with E-state index in [1.165, 1.54) is 22.3 Å². The van der Waals surface area contributed by atoms with E-state index in [1.54, 1.807) is 0 Å². The van der Waals surface area contributed by atoms with Gasteiger partial charge in [0.25, 0.3) is 0 Å². The standard InChI is InChI=1S/C32H38N4O2/c1-8-21-18(5)27-15-30-22(9-2)17(4)26(34-30)14-28-19(6)23(10-11-31(37)38)32(36-28)20(7)25-12-16(3)24(33-25)13-29(21)35-27/h12-15,19,23,33-34H,8-11H2,1-7H3,(H,37,38)/t19-,23-/m0/s1. The molecule has 0 spiro atoms. The molecule has 2 aliphatic rings. The Morgan fingerprint density at radius 1 is 0.868 bits per heavy atom. The lowest BCUT2D eigenvalue weighted by molar-refractivity contribution is -0.137. The lowest BCUT2D eigenvalue weighted by Crippen LogP contribution is -2.06. The highest BCUT2D eigenvalue weighted by Crippen LogP contribution is 2.42. The van der Waals surface area contributed by atoms with Gasteiger partial charge in [-0.25, -0.2) is 4.98 Å². The second kappa shape index (κ2) is 9.90. The van der Waals surface area contributed by atoms with Gasteiger partial charge in [0.1, 0.15) is 0 Å². The molecule has 0 amide bonds. The Balaban J connectivity index is 1.91. The van der Waals surface area contributed by atoms with Gasteiger partial charge in [0, 0.05) is 51.7 Å². The minimum Gasteiger partial charge on any atom is -0.481 e. The second-order valence-corrected chi connectivity index (χ2v) is 10.8. The van der Waals surface area contributed by atoms with E-state index in [9.17, 15) is 9.90 Å².